The predicted molar refractivity (Wildman–Crippen MR) is 66.5 cm³/mol. The van der Waals surface area contributed by atoms with Gasteiger partial charge in [0.25, 0.3) is 0 Å². The van der Waals surface area contributed by atoms with E-state index < -0.39 is 0 Å². The van der Waals surface area contributed by atoms with Gasteiger partial charge in [-0.3, -0.25) is 0 Å². The van der Waals surface area contributed by atoms with Crippen LogP contribution >= 0.6 is 0 Å². The highest BCUT2D eigenvalue weighted by Crippen LogP contribution is 2.36. The van der Waals surface area contributed by atoms with Gasteiger partial charge in [-0.15, -0.1) is 0 Å². The lowest BCUT2D eigenvalue weighted by molar-refractivity contribution is 0.133. The van der Waals surface area contributed by atoms with Crippen LogP contribution < -0.4 is 5.73 Å². The Morgan fingerprint density at radius 3 is 2.50 bits per heavy atom. The molecule has 1 aliphatic carbocycles. The molecule has 2 heteroatoms. The maximum atomic E-state index is 6.03. The third-order valence-electron chi connectivity index (χ3n) is 3.44. The number of ether oxygens (including phenoxy) is 1. The zero-order valence-corrected chi connectivity index (χ0v) is 9.99. The third kappa shape index (κ3) is 2.63. The number of benzene rings is 1. The van der Waals surface area contributed by atoms with Gasteiger partial charge in [0.05, 0.1) is 12.6 Å². The summed E-state index contributed by atoms with van der Waals surface area (Å²) in [5, 5.41) is 0. The van der Waals surface area contributed by atoms with Crippen LogP contribution in [0.5, 0.6) is 0 Å². The molecule has 1 atom stereocenters. The van der Waals surface area contributed by atoms with Crippen molar-refractivity contribution in [1.82, 2.24) is 0 Å². The molecule has 0 radical (unpaired) electrons. The van der Waals surface area contributed by atoms with Crippen molar-refractivity contribution in [2.24, 2.45) is 5.73 Å². The minimum atomic E-state index is 0.00962. The average Bonchev–Trinajstić information content (AvgIpc) is 2.24. The van der Waals surface area contributed by atoms with E-state index in [0.717, 1.165) is 12.5 Å². The van der Waals surface area contributed by atoms with E-state index in [0.29, 0.717) is 6.61 Å². The molecule has 0 saturated heterocycles. The topological polar surface area (TPSA) is 35.2 Å². The largest absolute Gasteiger partial charge is 0.380 e. The van der Waals surface area contributed by atoms with Crippen molar-refractivity contribution < 1.29 is 4.74 Å². The minimum absolute atomic E-state index is 0.00962. The van der Waals surface area contributed by atoms with Gasteiger partial charge in [-0.05, 0) is 36.8 Å². The molecular weight excluding hydrogens is 198 g/mol. The summed E-state index contributed by atoms with van der Waals surface area (Å²) in [6, 6.07) is 8.76. The van der Waals surface area contributed by atoms with Crippen molar-refractivity contribution >= 4 is 0 Å². The molecule has 1 unspecified atom stereocenters. The highest BCUT2D eigenvalue weighted by molar-refractivity contribution is 5.28. The summed E-state index contributed by atoms with van der Waals surface area (Å²) >= 11 is 0. The van der Waals surface area contributed by atoms with Gasteiger partial charge in [-0.2, -0.15) is 0 Å². The molecule has 0 spiro atoms. The summed E-state index contributed by atoms with van der Waals surface area (Å²) < 4.78 is 5.33. The fraction of sp³-hybridized carbons (Fsp3) is 0.571. The van der Waals surface area contributed by atoms with Gasteiger partial charge >= 0.3 is 0 Å². The molecule has 0 bridgehead atoms. The lowest BCUT2D eigenvalue weighted by Gasteiger charge is -2.26. The van der Waals surface area contributed by atoms with Crippen LogP contribution in [0.3, 0.4) is 0 Å². The maximum Gasteiger partial charge on any atom is 0.0659 e. The molecule has 2 nitrogen and oxygen atoms in total. The summed E-state index contributed by atoms with van der Waals surface area (Å²) in [7, 11) is 0. The molecule has 88 valence electrons. The molecule has 2 N–H and O–H groups in total. The summed E-state index contributed by atoms with van der Waals surface area (Å²) in [6.07, 6.45) is 4.09. The molecule has 0 amide bonds. The van der Waals surface area contributed by atoms with Gasteiger partial charge in [0.15, 0.2) is 0 Å². The van der Waals surface area contributed by atoms with E-state index in [1.807, 2.05) is 6.92 Å². The highest BCUT2D eigenvalue weighted by Gasteiger charge is 2.19. The molecule has 0 aliphatic heterocycles. The van der Waals surface area contributed by atoms with Crippen LogP contribution in [0.2, 0.25) is 0 Å². The smallest absolute Gasteiger partial charge is 0.0659 e. The first-order valence-corrected chi connectivity index (χ1v) is 6.24. The fourth-order valence-corrected chi connectivity index (χ4v) is 2.10. The van der Waals surface area contributed by atoms with E-state index in [1.165, 1.54) is 30.4 Å². The quantitative estimate of drug-likeness (QED) is 0.826. The standard InChI is InChI=1S/C14H21NO/c1-2-16-10-14(15)13-8-6-12(7-9-13)11-4-3-5-11/h6-9,11,14H,2-5,10,15H2,1H3. The van der Waals surface area contributed by atoms with Crippen molar-refractivity contribution in [3.05, 3.63) is 35.4 Å². The zero-order chi connectivity index (χ0) is 11.4. The Balaban J connectivity index is 1.95. The molecule has 1 aliphatic rings. The molecule has 0 heterocycles. The molecule has 16 heavy (non-hydrogen) atoms. The number of nitrogens with two attached hydrogens (primary N) is 1. The Morgan fingerprint density at radius 1 is 1.31 bits per heavy atom. The first-order chi connectivity index (χ1) is 7.81. The van der Waals surface area contributed by atoms with Crippen molar-refractivity contribution in [3.8, 4) is 0 Å². The normalized spacial score (nSPS) is 18.1. The van der Waals surface area contributed by atoms with Crippen LogP contribution in [0.15, 0.2) is 24.3 Å². The second kappa shape index (κ2) is 5.46. The lowest BCUT2D eigenvalue weighted by atomic mass is 9.80. The number of hydrogen-bond donors (Lipinski definition) is 1. The Bertz CT molecular complexity index is 316. The van der Waals surface area contributed by atoms with Crippen LogP contribution in [-0.2, 0) is 4.74 Å². The molecule has 1 aromatic carbocycles. The van der Waals surface area contributed by atoms with Crippen LogP contribution in [0.25, 0.3) is 0 Å². The van der Waals surface area contributed by atoms with E-state index in [4.69, 9.17) is 10.5 Å². The van der Waals surface area contributed by atoms with Crippen LogP contribution in [0, 0.1) is 0 Å². The summed E-state index contributed by atoms with van der Waals surface area (Å²) in [5.74, 6) is 0.803. The predicted octanol–water partition coefficient (Wildman–Crippen LogP) is 2.99. The van der Waals surface area contributed by atoms with Gasteiger partial charge in [0.2, 0.25) is 0 Å². The van der Waals surface area contributed by atoms with E-state index in [9.17, 15) is 0 Å². The first kappa shape index (κ1) is 11.6. The SMILES string of the molecule is CCOCC(N)c1ccc(C2CCC2)cc1. The van der Waals surface area contributed by atoms with Crippen LogP contribution in [-0.4, -0.2) is 13.2 Å². The van der Waals surface area contributed by atoms with Gasteiger partial charge in [0.1, 0.15) is 0 Å². The summed E-state index contributed by atoms with van der Waals surface area (Å²) in [4.78, 5) is 0. The van der Waals surface area contributed by atoms with Crippen LogP contribution in [0.1, 0.15) is 49.3 Å². The highest BCUT2D eigenvalue weighted by atomic mass is 16.5. The van der Waals surface area contributed by atoms with Crippen molar-refractivity contribution in [1.29, 1.82) is 0 Å². The third-order valence-corrected chi connectivity index (χ3v) is 3.44. The first-order valence-electron chi connectivity index (χ1n) is 6.24. The van der Waals surface area contributed by atoms with Crippen molar-refractivity contribution in [2.75, 3.05) is 13.2 Å². The molecule has 1 aromatic rings. The molecular formula is C14H21NO. The van der Waals surface area contributed by atoms with Crippen molar-refractivity contribution in [3.63, 3.8) is 0 Å². The zero-order valence-electron chi connectivity index (χ0n) is 9.99. The minimum Gasteiger partial charge on any atom is -0.380 e. The Kier molecular flexibility index (Phi) is 3.97. The van der Waals surface area contributed by atoms with Gasteiger partial charge < -0.3 is 10.5 Å². The maximum absolute atomic E-state index is 6.03. The van der Waals surface area contributed by atoms with E-state index in [1.54, 1.807) is 0 Å². The number of rotatable bonds is 5. The fourth-order valence-electron chi connectivity index (χ4n) is 2.10. The summed E-state index contributed by atoms with van der Waals surface area (Å²) in [6.45, 7) is 3.33. The second-order valence-electron chi connectivity index (χ2n) is 4.56. The average molecular weight is 219 g/mol. The van der Waals surface area contributed by atoms with Crippen LogP contribution in [0.4, 0.5) is 0 Å². The lowest BCUT2D eigenvalue weighted by Crippen LogP contribution is -2.17. The van der Waals surface area contributed by atoms with Gasteiger partial charge in [-0.25, -0.2) is 0 Å². The molecule has 1 fully saturated rings. The van der Waals surface area contributed by atoms with E-state index in [-0.39, 0.29) is 6.04 Å². The van der Waals surface area contributed by atoms with Gasteiger partial charge in [-0.1, -0.05) is 30.7 Å². The molecule has 1 saturated carbocycles. The Hall–Kier alpha value is -0.860. The van der Waals surface area contributed by atoms with Crippen molar-refractivity contribution in [2.45, 2.75) is 38.1 Å². The van der Waals surface area contributed by atoms with E-state index >= 15 is 0 Å². The van der Waals surface area contributed by atoms with Gasteiger partial charge in [0, 0.05) is 6.61 Å². The molecule has 2 rings (SSSR count). The Morgan fingerprint density at radius 2 is 2.00 bits per heavy atom. The molecule has 0 aromatic heterocycles. The Labute approximate surface area is 97.8 Å². The van der Waals surface area contributed by atoms with E-state index in [2.05, 4.69) is 24.3 Å². The summed E-state index contributed by atoms with van der Waals surface area (Å²) in [5.41, 5.74) is 8.68. The number of hydrogen-bond acceptors (Lipinski definition) is 2. The second-order valence-corrected chi connectivity index (χ2v) is 4.56. The monoisotopic (exact) mass is 219 g/mol.